The number of hydrogen-bond donors (Lipinski definition) is 1. The minimum atomic E-state index is -0.173. The van der Waals surface area contributed by atoms with Gasteiger partial charge in [-0.25, -0.2) is 4.39 Å². The number of hydrogen-bond acceptors (Lipinski definition) is 3. The molecule has 2 fully saturated rings. The van der Waals surface area contributed by atoms with Crippen LogP contribution in [0.2, 0.25) is 0 Å². The summed E-state index contributed by atoms with van der Waals surface area (Å²) in [4.78, 5) is 5.06. The Morgan fingerprint density at radius 3 is 2.76 bits per heavy atom. The number of fused-ring (bicyclic) bond motifs is 2. The van der Waals surface area contributed by atoms with Crippen LogP contribution in [0.5, 0.6) is 0 Å². The minimum Gasteiger partial charge on any atom is -0.399 e. The van der Waals surface area contributed by atoms with Crippen LogP contribution in [0, 0.1) is 11.7 Å². The molecule has 2 aliphatic heterocycles. The van der Waals surface area contributed by atoms with E-state index in [0.29, 0.717) is 23.9 Å². The number of halogens is 1. The van der Waals surface area contributed by atoms with E-state index in [1.54, 1.807) is 19.2 Å². The van der Waals surface area contributed by atoms with Gasteiger partial charge in [0.05, 0.1) is 5.71 Å². The average Bonchev–Trinajstić information content (AvgIpc) is 2.88. The summed E-state index contributed by atoms with van der Waals surface area (Å²) in [7, 11) is 1.61. The van der Waals surface area contributed by atoms with Gasteiger partial charge < -0.3 is 10.2 Å². The predicted molar refractivity (Wildman–Crippen MR) is 81.9 cm³/mol. The van der Waals surface area contributed by atoms with E-state index in [2.05, 4.69) is 17.4 Å². The van der Waals surface area contributed by atoms with Crippen molar-refractivity contribution < 1.29 is 9.23 Å². The van der Waals surface area contributed by atoms with Crippen molar-refractivity contribution >= 4 is 5.71 Å². The lowest BCUT2D eigenvalue weighted by Crippen LogP contribution is -2.47. The van der Waals surface area contributed by atoms with Gasteiger partial charge in [-0.15, -0.1) is 0 Å². The third-order valence-corrected chi connectivity index (χ3v) is 4.94. The molecule has 2 bridgehead atoms. The fourth-order valence-electron chi connectivity index (χ4n) is 4.05. The highest BCUT2D eigenvalue weighted by Crippen LogP contribution is 2.43. The van der Waals surface area contributed by atoms with Crippen LogP contribution in [0.15, 0.2) is 29.4 Å². The van der Waals surface area contributed by atoms with E-state index in [4.69, 9.17) is 4.84 Å². The number of nitrogens with one attached hydrogen (secondary N) is 1. The topological polar surface area (TPSA) is 33.6 Å². The zero-order valence-corrected chi connectivity index (χ0v) is 12.7. The Balaban J connectivity index is 1.95. The van der Waals surface area contributed by atoms with Crippen LogP contribution in [-0.4, -0.2) is 24.9 Å². The first-order valence-corrected chi connectivity index (χ1v) is 7.84. The highest BCUT2D eigenvalue weighted by atomic mass is 19.1. The van der Waals surface area contributed by atoms with Gasteiger partial charge in [0.1, 0.15) is 12.9 Å². The molecule has 21 heavy (non-hydrogen) atoms. The molecule has 3 nitrogen and oxygen atoms in total. The molecule has 4 atom stereocenters. The summed E-state index contributed by atoms with van der Waals surface area (Å²) in [5.74, 6) is 0.575. The van der Waals surface area contributed by atoms with E-state index in [0.717, 1.165) is 18.6 Å². The van der Waals surface area contributed by atoms with E-state index < -0.39 is 0 Å². The molecule has 1 aromatic carbocycles. The maximum atomic E-state index is 13.2. The Bertz CT molecular complexity index is 514. The molecular formula is C17H23FN2O. The average molecular weight is 290 g/mol. The highest BCUT2D eigenvalue weighted by Gasteiger charge is 2.44. The summed E-state index contributed by atoms with van der Waals surface area (Å²) in [6, 6.07) is 8.04. The van der Waals surface area contributed by atoms with Crippen LogP contribution in [0.1, 0.15) is 44.1 Å². The first kappa shape index (κ1) is 14.5. The van der Waals surface area contributed by atoms with Crippen LogP contribution >= 0.6 is 0 Å². The standard InChI is InChI=1S/C17H23FN2O/c1-3-15(20-21-2)17-14(10-13-8-9-16(17)19-13)11-4-6-12(18)7-5-11/h4-7,13-14,16-17,19H,3,8-10H2,1-2H3/t13?,14-,16-,17+/m0/s1. The first-order valence-electron chi connectivity index (χ1n) is 7.84. The molecule has 114 valence electrons. The quantitative estimate of drug-likeness (QED) is 0.680. The van der Waals surface area contributed by atoms with E-state index in [1.807, 2.05) is 12.1 Å². The summed E-state index contributed by atoms with van der Waals surface area (Å²) in [6.45, 7) is 2.13. The van der Waals surface area contributed by atoms with Gasteiger partial charge in [0.15, 0.2) is 0 Å². The second-order valence-corrected chi connectivity index (χ2v) is 6.09. The Labute approximate surface area is 125 Å². The molecule has 2 heterocycles. The van der Waals surface area contributed by atoms with Crippen molar-refractivity contribution in [3.8, 4) is 0 Å². The summed E-state index contributed by atoms with van der Waals surface area (Å²) < 4.78 is 13.2. The lowest BCUT2D eigenvalue weighted by atomic mass is 9.74. The van der Waals surface area contributed by atoms with Crippen molar-refractivity contribution in [2.75, 3.05) is 7.11 Å². The third kappa shape index (κ3) is 2.82. The molecule has 0 spiro atoms. The lowest BCUT2D eigenvalue weighted by molar-refractivity contribution is 0.204. The predicted octanol–water partition coefficient (Wildman–Crippen LogP) is 3.46. The maximum absolute atomic E-state index is 13.2. The van der Waals surface area contributed by atoms with Gasteiger partial charge >= 0.3 is 0 Å². The largest absolute Gasteiger partial charge is 0.399 e. The first-order chi connectivity index (χ1) is 10.2. The zero-order chi connectivity index (χ0) is 14.8. The summed E-state index contributed by atoms with van der Waals surface area (Å²) in [6.07, 6.45) is 4.40. The highest BCUT2D eigenvalue weighted by molar-refractivity contribution is 5.88. The molecule has 3 rings (SSSR count). The molecule has 1 aromatic rings. The van der Waals surface area contributed by atoms with Gasteiger partial charge in [0.25, 0.3) is 0 Å². The summed E-state index contributed by atoms with van der Waals surface area (Å²) >= 11 is 0. The Morgan fingerprint density at radius 1 is 1.33 bits per heavy atom. The molecule has 0 aliphatic carbocycles. The van der Waals surface area contributed by atoms with Crippen molar-refractivity contribution in [1.82, 2.24) is 5.32 Å². The minimum absolute atomic E-state index is 0.173. The van der Waals surface area contributed by atoms with Crippen molar-refractivity contribution in [1.29, 1.82) is 0 Å². The Morgan fingerprint density at radius 2 is 2.10 bits per heavy atom. The molecule has 0 saturated carbocycles. The van der Waals surface area contributed by atoms with E-state index in [9.17, 15) is 4.39 Å². The van der Waals surface area contributed by atoms with Crippen LogP contribution in [0.25, 0.3) is 0 Å². The van der Waals surface area contributed by atoms with Crippen LogP contribution in [0.4, 0.5) is 4.39 Å². The number of oxime groups is 1. The molecule has 2 saturated heterocycles. The molecule has 0 radical (unpaired) electrons. The summed E-state index contributed by atoms with van der Waals surface area (Å²) in [5, 5.41) is 7.99. The number of rotatable bonds is 4. The molecular weight excluding hydrogens is 267 g/mol. The van der Waals surface area contributed by atoms with Crippen molar-refractivity contribution in [2.24, 2.45) is 11.1 Å². The second-order valence-electron chi connectivity index (χ2n) is 6.09. The fourth-order valence-corrected chi connectivity index (χ4v) is 4.05. The van der Waals surface area contributed by atoms with Gasteiger partial charge in [-0.3, -0.25) is 0 Å². The normalized spacial score (nSPS) is 32.2. The van der Waals surface area contributed by atoms with Gasteiger partial charge in [0.2, 0.25) is 0 Å². The van der Waals surface area contributed by atoms with E-state index >= 15 is 0 Å². The van der Waals surface area contributed by atoms with Crippen molar-refractivity contribution in [2.45, 2.75) is 50.6 Å². The van der Waals surface area contributed by atoms with Crippen molar-refractivity contribution in [3.05, 3.63) is 35.6 Å². The molecule has 0 aromatic heterocycles. The van der Waals surface area contributed by atoms with Gasteiger partial charge in [-0.05, 0) is 49.3 Å². The van der Waals surface area contributed by atoms with E-state index in [1.165, 1.54) is 18.4 Å². The smallest absolute Gasteiger partial charge is 0.123 e. The van der Waals surface area contributed by atoms with Crippen LogP contribution < -0.4 is 5.32 Å². The Kier molecular flexibility index (Phi) is 4.24. The fraction of sp³-hybridized carbons (Fsp3) is 0.588. The molecule has 1 N–H and O–H groups in total. The molecule has 0 amide bonds. The monoisotopic (exact) mass is 290 g/mol. The number of nitrogens with zero attached hydrogens (tertiary/aromatic N) is 1. The number of piperidine rings is 1. The Hall–Kier alpha value is -1.42. The van der Waals surface area contributed by atoms with E-state index in [-0.39, 0.29) is 5.82 Å². The van der Waals surface area contributed by atoms with Crippen molar-refractivity contribution in [3.63, 3.8) is 0 Å². The second kappa shape index (κ2) is 6.14. The molecule has 2 aliphatic rings. The zero-order valence-electron chi connectivity index (χ0n) is 12.7. The number of benzene rings is 1. The third-order valence-electron chi connectivity index (χ3n) is 4.94. The van der Waals surface area contributed by atoms with Gasteiger partial charge in [0, 0.05) is 18.0 Å². The van der Waals surface area contributed by atoms with Gasteiger partial charge in [-0.2, -0.15) is 0 Å². The lowest BCUT2D eigenvalue weighted by Gasteiger charge is -2.38. The van der Waals surface area contributed by atoms with Crippen LogP contribution in [-0.2, 0) is 4.84 Å². The molecule has 4 heteroatoms. The maximum Gasteiger partial charge on any atom is 0.123 e. The SMILES string of the molecule is CCC(=NOC)[C@@H]1[C@@H]2CCC(C[C@H]1c1ccc(F)cc1)N2. The summed E-state index contributed by atoms with van der Waals surface area (Å²) in [5.41, 5.74) is 2.33. The van der Waals surface area contributed by atoms with Gasteiger partial charge in [-0.1, -0.05) is 24.2 Å². The molecule has 1 unspecified atom stereocenters. The van der Waals surface area contributed by atoms with Crippen LogP contribution in [0.3, 0.4) is 0 Å².